The van der Waals surface area contributed by atoms with Crippen LogP contribution >= 0.6 is 11.8 Å². The molecule has 0 aromatic heterocycles. The van der Waals surface area contributed by atoms with Crippen molar-refractivity contribution in [3.8, 4) is 5.75 Å². The van der Waals surface area contributed by atoms with Crippen LogP contribution in [0.4, 0.5) is 24.5 Å². The third-order valence-electron chi connectivity index (χ3n) is 3.85. The van der Waals surface area contributed by atoms with Crippen LogP contribution in [0.2, 0.25) is 0 Å². The summed E-state index contributed by atoms with van der Waals surface area (Å²) in [4.78, 5) is 25.2. The van der Waals surface area contributed by atoms with Crippen molar-refractivity contribution >= 4 is 35.0 Å². The van der Waals surface area contributed by atoms with Gasteiger partial charge in [-0.1, -0.05) is 6.07 Å². The number of anilines is 2. The van der Waals surface area contributed by atoms with Crippen LogP contribution in [-0.2, 0) is 15.8 Å². The van der Waals surface area contributed by atoms with Crippen molar-refractivity contribution in [2.75, 3.05) is 17.7 Å². The molecule has 0 aliphatic carbocycles. The van der Waals surface area contributed by atoms with Crippen molar-refractivity contribution in [1.29, 1.82) is 0 Å². The molecular weight excluding hydrogens is 381 g/mol. The van der Waals surface area contributed by atoms with Gasteiger partial charge in [-0.2, -0.15) is 13.2 Å². The molecule has 0 unspecified atom stereocenters. The summed E-state index contributed by atoms with van der Waals surface area (Å²) in [7, 11) is 1.52. The number of carbonyl (C=O) groups is 2. The van der Waals surface area contributed by atoms with Gasteiger partial charge in [-0.3, -0.25) is 9.59 Å². The van der Waals surface area contributed by atoms with E-state index in [4.69, 9.17) is 4.74 Å². The maximum atomic E-state index is 12.8. The largest absolute Gasteiger partial charge is 0.497 e. The Morgan fingerprint density at radius 1 is 1.26 bits per heavy atom. The van der Waals surface area contributed by atoms with Crippen LogP contribution in [0.5, 0.6) is 5.75 Å². The summed E-state index contributed by atoms with van der Waals surface area (Å²) in [6, 6.07) is 9.51. The summed E-state index contributed by atoms with van der Waals surface area (Å²) in [6.07, 6.45) is -4.67. The molecule has 27 heavy (non-hydrogen) atoms. The van der Waals surface area contributed by atoms with Gasteiger partial charge in [0.05, 0.1) is 23.6 Å². The summed E-state index contributed by atoms with van der Waals surface area (Å²) in [5.41, 5.74) is -0.204. The van der Waals surface area contributed by atoms with Gasteiger partial charge in [0.2, 0.25) is 11.8 Å². The lowest BCUT2D eigenvalue weighted by molar-refractivity contribution is -0.137. The number of hydrogen-bond acceptors (Lipinski definition) is 4. The third kappa shape index (κ3) is 4.54. The van der Waals surface area contributed by atoms with E-state index < -0.39 is 22.9 Å². The van der Waals surface area contributed by atoms with E-state index in [0.29, 0.717) is 11.4 Å². The smallest absolute Gasteiger partial charge is 0.416 e. The molecule has 1 atom stereocenters. The number of alkyl halides is 3. The standard InChI is InChI=1S/C18H15F3N2O3S/c1-26-12-5-6-13-14(8-12)27-15(17(25)23-13)9-16(24)22-11-4-2-3-10(7-11)18(19,20)21/h2-8,15H,9H2,1H3,(H,22,24)(H,23,25)/t15-/m1/s1. The summed E-state index contributed by atoms with van der Waals surface area (Å²) >= 11 is 1.21. The van der Waals surface area contributed by atoms with Gasteiger partial charge in [0, 0.05) is 17.0 Å². The van der Waals surface area contributed by atoms with Crippen molar-refractivity contribution in [3.63, 3.8) is 0 Å². The molecule has 1 aliphatic rings. The first kappa shape index (κ1) is 19.1. The molecule has 9 heteroatoms. The van der Waals surface area contributed by atoms with Crippen molar-refractivity contribution in [3.05, 3.63) is 48.0 Å². The number of nitrogens with one attached hydrogen (secondary N) is 2. The average Bonchev–Trinajstić information content (AvgIpc) is 2.61. The molecule has 0 spiro atoms. The number of methoxy groups -OCH3 is 1. The monoisotopic (exact) mass is 396 g/mol. The van der Waals surface area contributed by atoms with Crippen molar-refractivity contribution in [1.82, 2.24) is 0 Å². The first-order chi connectivity index (χ1) is 12.8. The van der Waals surface area contributed by atoms with Crippen LogP contribution in [0.3, 0.4) is 0 Å². The first-order valence-corrected chi connectivity index (χ1v) is 8.77. The van der Waals surface area contributed by atoms with Crippen LogP contribution in [0, 0.1) is 0 Å². The fraction of sp³-hybridized carbons (Fsp3) is 0.222. The number of rotatable bonds is 4. The number of thioether (sulfide) groups is 1. The van der Waals surface area contributed by atoms with Crippen LogP contribution in [-0.4, -0.2) is 24.2 Å². The van der Waals surface area contributed by atoms with Gasteiger partial charge in [0.15, 0.2) is 0 Å². The van der Waals surface area contributed by atoms with Crippen molar-refractivity contribution in [2.24, 2.45) is 0 Å². The highest BCUT2D eigenvalue weighted by Crippen LogP contribution is 2.39. The van der Waals surface area contributed by atoms with Gasteiger partial charge in [0.25, 0.3) is 0 Å². The van der Waals surface area contributed by atoms with Gasteiger partial charge < -0.3 is 15.4 Å². The van der Waals surface area contributed by atoms with Gasteiger partial charge in [-0.15, -0.1) is 11.8 Å². The molecule has 2 aromatic rings. The Balaban J connectivity index is 1.68. The second kappa shape index (κ2) is 7.51. The summed E-state index contributed by atoms with van der Waals surface area (Å²) in [6.45, 7) is 0. The molecule has 2 aromatic carbocycles. The molecule has 0 radical (unpaired) electrons. The van der Waals surface area contributed by atoms with Crippen molar-refractivity contribution in [2.45, 2.75) is 22.7 Å². The quantitative estimate of drug-likeness (QED) is 0.815. The fourth-order valence-electron chi connectivity index (χ4n) is 2.54. The van der Waals surface area contributed by atoms with Gasteiger partial charge in [-0.05, 0) is 36.4 Å². The molecule has 0 fully saturated rings. The van der Waals surface area contributed by atoms with E-state index in [9.17, 15) is 22.8 Å². The average molecular weight is 396 g/mol. The zero-order valence-electron chi connectivity index (χ0n) is 14.1. The number of ether oxygens (including phenoxy) is 1. The lowest BCUT2D eigenvalue weighted by Crippen LogP contribution is -2.32. The number of halogens is 3. The Morgan fingerprint density at radius 3 is 2.74 bits per heavy atom. The Morgan fingerprint density at radius 2 is 2.04 bits per heavy atom. The molecule has 0 bridgehead atoms. The fourth-order valence-corrected chi connectivity index (χ4v) is 3.68. The van der Waals surface area contributed by atoms with E-state index in [2.05, 4.69) is 10.6 Å². The topological polar surface area (TPSA) is 67.4 Å². The van der Waals surface area contributed by atoms with Crippen LogP contribution in [0.15, 0.2) is 47.4 Å². The molecule has 2 amide bonds. The highest BCUT2D eigenvalue weighted by atomic mass is 32.2. The highest BCUT2D eigenvalue weighted by Gasteiger charge is 2.31. The summed E-state index contributed by atoms with van der Waals surface area (Å²) in [5, 5.41) is 4.43. The molecule has 142 valence electrons. The Hall–Kier alpha value is -2.68. The third-order valence-corrected chi connectivity index (χ3v) is 5.11. The molecule has 2 N–H and O–H groups in total. The molecule has 3 rings (SSSR count). The minimum absolute atomic E-state index is 0.0260. The zero-order valence-corrected chi connectivity index (χ0v) is 14.9. The maximum Gasteiger partial charge on any atom is 0.416 e. The second-order valence-corrected chi connectivity index (χ2v) is 7.03. The van der Waals surface area contributed by atoms with E-state index >= 15 is 0 Å². The maximum absolute atomic E-state index is 12.8. The molecular formula is C18H15F3N2O3S. The van der Waals surface area contributed by atoms with Crippen LogP contribution in [0.1, 0.15) is 12.0 Å². The number of carbonyl (C=O) groups excluding carboxylic acids is 2. The second-order valence-electron chi connectivity index (χ2n) is 5.79. The van der Waals surface area contributed by atoms with E-state index in [1.807, 2.05) is 0 Å². The molecule has 1 heterocycles. The molecule has 1 aliphatic heterocycles. The Labute approximate surface area is 157 Å². The predicted octanol–water partition coefficient (Wildman–Crippen LogP) is 4.16. The first-order valence-electron chi connectivity index (χ1n) is 7.89. The highest BCUT2D eigenvalue weighted by molar-refractivity contribution is 8.01. The van der Waals surface area contributed by atoms with Crippen molar-refractivity contribution < 1.29 is 27.5 Å². The minimum atomic E-state index is -4.50. The Kier molecular flexibility index (Phi) is 5.31. The van der Waals surface area contributed by atoms with Gasteiger partial charge >= 0.3 is 6.18 Å². The SMILES string of the molecule is COc1ccc2c(c1)S[C@H](CC(=O)Nc1cccc(C(F)(F)F)c1)C(=O)N2. The molecule has 0 saturated heterocycles. The van der Waals surface area contributed by atoms with Crippen LogP contribution < -0.4 is 15.4 Å². The van der Waals surface area contributed by atoms with Crippen LogP contribution in [0.25, 0.3) is 0 Å². The van der Waals surface area contributed by atoms with E-state index in [-0.39, 0.29) is 18.0 Å². The van der Waals surface area contributed by atoms with Gasteiger partial charge in [0.1, 0.15) is 5.75 Å². The van der Waals surface area contributed by atoms with E-state index in [0.717, 1.165) is 17.0 Å². The Bertz CT molecular complexity index is 886. The molecule has 5 nitrogen and oxygen atoms in total. The number of benzene rings is 2. The van der Waals surface area contributed by atoms with Gasteiger partial charge in [-0.25, -0.2) is 0 Å². The number of amides is 2. The lowest BCUT2D eigenvalue weighted by atomic mass is 10.2. The molecule has 0 saturated carbocycles. The van der Waals surface area contributed by atoms with E-state index in [1.54, 1.807) is 18.2 Å². The minimum Gasteiger partial charge on any atom is -0.497 e. The predicted molar refractivity (Wildman–Crippen MR) is 96.0 cm³/mol. The summed E-state index contributed by atoms with van der Waals surface area (Å²) in [5.74, 6) is -0.269. The normalized spacial score (nSPS) is 16.3. The summed E-state index contributed by atoms with van der Waals surface area (Å²) < 4.78 is 43.4. The van der Waals surface area contributed by atoms with E-state index in [1.165, 1.54) is 31.0 Å². The zero-order chi connectivity index (χ0) is 19.6. The number of hydrogen-bond donors (Lipinski definition) is 2. The lowest BCUT2D eigenvalue weighted by Gasteiger charge is -2.24. The number of fused-ring (bicyclic) bond motifs is 1.